The molecule has 0 saturated carbocycles. The average molecular weight is 168 g/mol. The lowest BCUT2D eigenvalue weighted by Crippen LogP contribution is -2.23. The monoisotopic (exact) mass is 168 g/mol. The summed E-state index contributed by atoms with van der Waals surface area (Å²) in [5.74, 6) is 1.55. The van der Waals surface area contributed by atoms with Crippen molar-refractivity contribution in [1.82, 2.24) is 5.32 Å². The highest BCUT2D eigenvalue weighted by Gasteiger charge is 2.00. The Morgan fingerprint density at radius 3 is 2.50 bits per heavy atom. The molecule has 0 spiro atoms. The number of hydrogen-bond donors (Lipinski definition) is 1. The molecule has 0 aliphatic carbocycles. The number of nitrogens with one attached hydrogen (secondary N) is 1. The predicted molar refractivity (Wildman–Crippen MR) is 55.4 cm³/mol. The van der Waals surface area contributed by atoms with E-state index in [9.17, 15) is 0 Å². The van der Waals surface area contributed by atoms with Crippen LogP contribution in [0.15, 0.2) is 17.3 Å². The molecule has 0 aromatic rings. The number of nitrogens with zero attached hydrogens (tertiary/aromatic N) is 1. The molecule has 0 rings (SSSR count). The fourth-order valence-corrected chi connectivity index (χ4v) is 0.827. The molecule has 0 unspecified atom stereocenters. The van der Waals surface area contributed by atoms with Gasteiger partial charge >= 0.3 is 0 Å². The molecule has 0 saturated heterocycles. The summed E-state index contributed by atoms with van der Waals surface area (Å²) in [6.07, 6.45) is 5.12. The van der Waals surface area contributed by atoms with Gasteiger partial charge in [0.15, 0.2) is 0 Å². The Morgan fingerprint density at radius 1 is 1.42 bits per heavy atom. The van der Waals surface area contributed by atoms with Gasteiger partial charge in [-0.2, -0.15) is 0 Å². The molecule has 0 aliphatic rings. The van der Waals surface area contributed by atoms with Crippen molar-refractivity contribution in [2.45, 2.75) is 34.1 Å². The first-order chi connectivity index (χ1) is 5.72. The maximum absolute atomic E-state index is 4.35. The molecular formula is C10H20N2. The van der Waals surface area contributed by atoms with Crippen molar-refractivity contribution in [2.75, 3.05) is 6.54 Å². The van der Waals surface area contributed by atoms with Crippen LogP contribution in [-0.4, -0.2) is 12.4 Å². The maximum atomic E-state index is 4.35. The van der Waals surface area contributed by atoms with Crippen LogP contribution in [0.3, 0.4) is 0 Å². The van der Waals surface area contributed by atoms with Crippen molar-refractivity contribution in [1.29, 1.82) is 0 Å². The van der Waals surface area contributed by atoms with E-state index in [0.717, 1.165) is 18.8 Å². The van der Waals surface area contributed by atoms with Crippen LogP contribution in [0.25, 0.3) is 0 Å². The lowest BCUT2D eigenvalue weighted by atomic mass is 10.2. The van der Waals surface area contributed by atoms with Gasteiger partial charge < -0.3 is 5.32 Å². The lowest BCUT2D eigenvalue weighted by molar-refractivity contribution is 0.834. The topological polar surface area (TPSA) is 24.4 Å². The third-order valence-corrected chi connectivity index (χ3v) is 1.46. The molecule has 0 radical (unpaired) electrons. The van der Waals surface area contributed by atoms with Gasteiger partial charge in [-0.3, -0.25) is 4.99 Å². The molecule has 1 N–H and O–H groups in total. The second-order valence-corrected chi connectivity index (χ2v) is 2.97. The Morgan fingerprint density at radius 2 is 2.08 bits per heavy atom. The van der Waals surface area contributed by atoms with Crippen LogP contribution in [0.1, 0.15) is 34.1 Å². The van der Waals surface area contributed by atoms with E-state index in [1.165, 1.54) is 0 Å². The standard InChI is InChI=1S/C10H20N2/c1-5-7-8-12-10(9(3)4)11-6-2/h7-9H,5-6H2,1-4H3,(H,11,12)/b8-7-. The Bertz CT molecular complexity index is 157. The van der Waals surface area contributed by atoms with Gasteiger partial charge in [-0.05, 0) is 19.5 Å². The molecule has 0 bridgehead atoms. The van der Waals surface area contributed by atoms with Crippen molar-refractivity contribution in [2.24, 2.45) is 10.9 Å². The predicted octanol–water partition coefficient (Wildman–Crippen LogP) is 2.57. The van der Waals surface area contributed by atoms with E-state index in [4.69, 9.17) is 0 Å². The molecule has 0 amide bonds. The highest BCUT2D eigenvalue weighted by molar-refractivity contribution is 5.84. The van der Waals surface area contributed by atoms with Crippen molar-refractivity contribution < 1.29 is 0 Å². The molecule has 2 nitrogen and oxygen atoms in total. The second-order valence-electron chi connectivity index (χ2n) is 2.97. The Hall–Kier alpha value is -0.790. The summed E-state index contributed by atoms with van der Waals surface area (Å²) in [5, 5.41) is 3.19. The first-order valence-electron chi connectivity index (χ1n) is 4.68. The molecule has 12 heavy (non-hydrogen) atoms. The molecule has 0 aromatic carbocycles. The maximum Gasteiger partial charge on any atom is 0.103 e. The van der Waals surface area contributed by atoms with Crippen molar-refractivity contribution in [3.63, 3.8) is 0 Å². The van der Waals surface area contributed by atoms with Gasteiger partial charge in [-0.1, -0.05) is 26.8 Å². The molecule has 70 valence electrons. The summed E-state index contributed by atoms with van der Waals surface area (Å²) in [6, 6.07) is 0. The van der Waals surface area contributed by atoms with Crippen LogP contribution < -0.4 is 5.32 Å². The van der Waals surface area contributed by atoms with Gasteiger partial charge in [0, 0.05) is 12.5 Å². The summed E-state index contributed by atoms with van der Waals surface area (Å²) in [5.41, 5.74) is 0. The first kappa shape index (κ1) is 11.2. The number of hydrogen-bond acceptors (Lipinski definition) is 1. The van der Waals surface area contributed by atoms with Crippen LogP contribution >= 0.6 is 0 Å². The van der Waals surface area contributed by atoms with Crippen LogP contribution in [0.4, 0.5) is 0 Å². The number of amidine groups is 1. The summed E-state index contributed by atoms with van der Waals surface area (Å²) >= 11 is 0. The van der Waals surface area contributed by atoms with Gasteiger partial charge in [0.05, 0.1) is 0 Å². The zero-order valence-electron chi connectivity index (χ0n) is 8.59. The third kappa shape index (κ3) is 4.94. The fourth-order valence-electron chi connectivity index (χ4n) is 0.827. The Labute approximate surface area is 75.8 Å². The van der Waals surface area contributed by atoms with E-state index < -0.39 is 0 Å². The van der Waals surface area contributed by atoms with Crippen molar-refractivity contribution in [3.05, 3.63) is 12.3 Å². The summed E-state index contributed by atoms with van der Waals surface area (Å²) in [4.78, 5) is 4.35. The van der Waals surface area contributed by atoms with E-state index in [1.807, 2.05) is 13.1 Å². The Kier molecular flexibility index (Phi) is 6.44. The molecule has 0 aromatic heterocycles. The number of rotatable bonds is 4. The fraction of sp³-hybridized carbons (Fsp3) is 0.700. The van der Waals surface area contributed by atoms with Crippen LogP contribution in [0, 0.1) is 5.92 Å². The van der Waals surface area contributed by atoms with Gasteiger partial charge in [-0.25, -0.2) is 0 Å². The summed E-state index contributed by atoms with van der Waals surface area (Å²) in [6.45, 7) is 9.29. The van der Waals surface area contributed by atoms with Crippen molar-refractivity contribution in [3.8, 4) is 0 Å². The summed E-state index contributed by atoms with van der Waals surface area (Å²) < 4.78 is 0. The van der Waals surface area contributed by atoms with E-state index in [-0.39, 0.29) is 0 Å². The van der Waals surface area contributed by atoms with Crippen LogP contribution in [0.5, 0.6) is 0 Å². The molecule has 0 heterocycles. The zero-order chi connectivity index (χ0) is 9.40. The molecule has 0 aliphatic heterocycles. The minimum Gasteiger partial charge on any atom is -0.351 e. The van der Waals surface area contributed by atoms with Gasteiger partial charge in [-0.15, -0.1) is 0 Å². The zero-order valence-corrected chi connectivity index (χ0v) is 8.59. The van der Waals surface area contributed by atoms with Gasteiger partial charge in [0.25, 0.3) is 0 Å². The number of aliphatic imine (C=N–C) groups is 1. The Balaban J connectivity index is 3.97. The highest BCUT2D eigenvalue weighted by Crippen LogP contribution is 1.94. The second kappa shape index (κ2) is 6.89. The normalized spacial score (nSPS) is 12.9. The quantitative estimate of drug-likeness (QED) is 0.506. The molecule has 2 heteroatoms. The summed E-state index contributed by atoms with van der Waals surface area (Å²) in [7, 11) is 0. The minimum absolute atomic E-state index is 0.478. The van der Waals surface area contributed by atoms with E-state index in [2.05, 4.69) is 37.2 Å². The molecule has 0 atom stereocenters. The average Bonchev–Trinajstić information content (AvgIpc) is 2.03. The number of allylic oxidation sites excluding steroid dienone is 1. The SMILES string of the molecule is CC/C=C\NC(=NCC)C(C)C. The van der Waals surface area contributed by atoms with E-state index in [1.54, 1.807) is 0 Å². The van der Waals surface area contributed by atoms with Gasteiger partial charge in [0.2, 0.25) is 0 Å². The minimum atomic E-state index is 0.478. The third-order valence-electron chi connectivity index (χ3n) is 1.46. The van der Waals surface area contributed by atoms with E-state index >= 15 is 0 Å². The van der Waals surface area contributed by atoms with Crippen LogP contribution in [-0.2, 0) is 0 Å². The molecular weight excluding hydrogens is 148 g/mol. The van der Waals surface area contributed by atoms with Crippen molar-refractivity contribution >= 4 is 5.84 Å². The van der Waals surface area contributed by atoms with Crippen LogP contribution in [0.2, 0.25) is 0 Å². The lowest BCUT2D eigenvalue weighted by Gasteiger charge is -2.08. The largest absolute Gasteiger partial charge is 0.351 e. The first-order valence-corrected chi connectivity index (χ1v) is 4.68. The van der Waals surface area contributed by atoms with Gasteiger partial charge in [0.1, 0.15) is 5.84 Å². The smallest absolute Gasteiger partial charge is 0.103 e. The van der Waals surface area contributed by atoms with E-state index in [0.29, 0.717) is 5.92 Å². The highest BCUT2D eigenvalue weighted by atomic mass is 15.0. The molecule has 0 fully saturated rings.